The quantitative estimate of drug-likeness (QED) is 0.104. The number of cyclic esters (lactones) is 2. The minimum atomic E-state index is -4.89. The Kier molecular flexibility index (Phi) is 16.7. The van der Waals surface area contributed by atoms with E-state index in [0.717, 1.165) is 19.3 Å². The van der Waals surface area contributed by atoms with Crippen LogP contribution in [0, 0.1) is 5.41 Å². The van der Waals surface area contributed by atoms with Crippen molar-refractivity contribution in [2.45, 2.75) is 115 Å². The summed E-state index contributed by atoms with van der Waals surface area (Å²) in [7, 11) is -4.89. The second-order valence-corrected chi connectivity index (χ2v) is 11.7. The lowest BCUT2D eigenvalue weighted by Crippen LogP contribution is -2.42. The molecular weight excluding hydrogens is 504 g/mol. The van der Waals surface area contributed by atoms with Gasteiger partial charge in [0.2, 0.25) is 0 Å². The number of aliphatic hydroxyl groups is 1. The fourth-order valence-electron chi connectivity index (χ4n) is 4.10. The molecule has 0 spiro atoms. The van der Waals surface area contributed by atoms with E-state index in [0.29, 0.717) is 6.42 Å². The van der Waals surface area contributed by atoms with Gasteiger partial charge in [0, 0.05) is 6.42 Å². The first kappa shape index (κ1) is 33.3. The van der Waals surface area contributed by atoms with Gasteiger partial charge in [-0.05, 0) is 6.42 Å². The van der Waals surface area contributed by atoms with E-state index in [1.165, 1.54) is 64.2 Å². The van der Waals surface area contributed by atoms with E-state index >= 15 is 0 Å². The highest BCUT2D eigenvalue weighted by Gasteiger charge is 2.42. The van der Waals surface area contributed by atoms with Crippen molar-refractivity contribution in [1.82, 2.24) is 0 Å². The topological polar surface area (TPSA) is 154 Å². The SMILES string of the molecule is CCCCCCCCCCCCCCCCC(=O)OCC1(CO)COC(=O)CC(S(=O)(=O)O)C(=O)OC1. The fourth-order valence-corrected chi connectivity index (χ4v) is 4.76. The number of ether oxygens (including phenoxy) is 3. The Bertz CT molecular complexity index is 782. The van der Waals surface area contributed by atoms with Crippen molar-refractivity contribution in [3.05, 3.63) is 0 Å². The van der Waals surface area contributed by atoms with Crippen LogP contribution in [0.4, 0.5) is 0 Å². The third-order valence-electron chi connectivity index (χ3n) is 6.64. The van der Waals surface area contributed by atoms with Gasteiger partial charge in [-0.15, -0.1) is 0 Å². The largest absolute Gasteiger partial charge is 0.465 e. The number of rotatable bonds is 19. The average molecular weight is 551 g/mol. The normalized spacial score (nSPS) is 20.9. The summed E-state index contributed by atoms with van der Waals surface area (Å²) in [4.78, 5) is 36.1. The van der Waals surface area contributed by atoms with E-state index < -0.39 is 64.9 Å². The highest BCUT2D eigenvalue weighted by Crippen LogP contribution is 2.23. The van der Waals surface area contributed by atoms with Crippen molar-refractivity contribution in [1.29, 1.82) is 0 Å². The summed E-state index contributed by atoms with van der Waals surface area (Å²) in [6.07, 6.45) is 16.1. The van der Waals surface area contributed by atoms with Crippen LogP contribution in [-0.4, -0.2) is 67.7 Å². The molecule has 1 aliphatic rings. The van der Waals surface area contributed by atoms with Gasteiger partial charge in [-0.25, -0.2) is 0 Å². The lowest BCUT2D eigenvalue weighted by atomic mass is 9.92. The Morgan fingerprint density at radius 1 is 0.892 bits per heavy atom. The lowest BCUT2D eigenvalue weighted by molar-refractivity contribution is -0.161. The average Bonchev–Trinajstić information content (AvgIpc) is 2.92. The van der Waals surface area contributed by atoms with Crippen LogP contribution in [0.5, 0.6) is 0 Å². The molecule has 0 bridgehead atoms. The number of carbonyl (C=O) groups excluding carboxylic acids is 3. The molecule has 1 heterocycles. The Morgan fingerprint density at radius 2 is 1.38 bits per heavy atom. The van der Waals surface area contributed by atoms with Crippen LogP contribution < -0.4 is 0 Å². The van der Waals surface area contributed by atoms with Crippen molar-refractivity contribution in [3.63, 3.8) is 0 Å². The molecule has 1 fully saturated rings. The number of unbranched alkanes of at least 4 members (excludes halogenated alkanes) is 13. The summed E-state index contributed by atoms with van der Waals surface area (Å²) >= 11 is 0. The van der Waals surface area contributed by atoms with Gasteiger partial charge < -0.3 is 19.3 Å². The van der Waals surface area contributed by atoms with Crippen LogP contribution in [-0.2, 0) is 38.7 Å². The maximum atomic E-state index is 12.2. The second-order valence-electron chi connectivity index (χ2n) is 10.1. The number of hydrogen-bond donors (Lipinski definition) is 2. The van der Waals surface area contributed by atoms with Crippen molar-refractivity contribution < 1.29 is 46.7 Å². The van der Waals surface area contributed by atoms with Crippen LogP contribution in [0.3, 0.4) is 0 Å². The lowest BCUT2D eigenvalue weighted by Gasteiger charge is -2.29. The molecule has 2 N–H and O–H groups in total. The smallest absolute Gasteiger partial charge is 0.327 e. The minimum absolute atomic E-state index is 0.198. The number of aliphatic hydroxyl groups excluding tert-OH is 1. The third-order valence-corrected chi connectivity index (χ3v) is 7.72. The molecule has 0 saturated carbocycles. The van der Waals surface area contributed by atoms with Gasteiger partial charge in [0.25, 0.3) is 10.1 Å². The molecule has 2 unspecified atom stereocenters. The summed E-state index contributed by atoms with van der Waals surface area (Å²) in [5.41, 5.74) is -1.43. The first-order valence-electron chi connectivity index (χ1n) is 13.7. The third kappa shape index (κ3) is 14.7. The maximum Gasteiger partial charge on any atom is 0.327 e. The molecule has 1 aliphatic heterocycles. The van der Waals surface area contributed by atoms with E-state index in [-0.39, 0.29) is 13.0 Å². The molecule has 11 heteroatoms. The summed E-state index contributed by atoms with van der Waals surface area (Å²) in [6, 6.07) is 0. The molecule has 216 valence electrons. The van der Waals surface area contributed by atoms with Crippen LogP contribution in [0.2, 0.25) is 0 Å². The van der Waals surface area contributed by atoms with Gasteiger partial charge in [-0.3, -0.25) is 18.9 Å². The van der Waals surface area contributed by atoms with Gasteiger partial charge in [-0.1, -0.05) is 90.4 Å². The Labute approximate surface area is 221 Å². The van der Waals surface area contributed by atoms with Gasteiger partial charge in [-0.2, -0.15) is 8.42 Å². The van der Waals surface area contributed by atoms with Crippen LogP contribution in [0.15, 0.2) is 0 Å². The van der Waals surface area contributed by atoms with Crippen LogP contribution in [0.25, 0.3) is 0 Å². The molecule has 0 amide bonds. The molecule has 2 atom stereocenters. The van der Waals surface area contributed by atoms with Gasteiger partial charge >= 0.3 is 17.9 Å². The van der Waals surface area contributed by atoms with Crippen molar-refractivity contribution in [2.24, 2.45) is 5.41 Å². The molecule has 0 aromatic heterocycles. The maximum absolute atomic E-state index is 12.2. The van der Waals surface area contributed by atoms with E-state index in [9.17, 15) is 32.5 Å². The molecule has 0 aromatic carbocycles. The van der Waals surface area contributed by atoms with Crippen molar-refractivity contribution in [3.8, 4) is 0 Å². The summed E-state index contributed by atoms with van der Waals surface area (Å²) in [6.45, 7) is 0.221. The van der Waals surface area contributed by atoms with E-state index in [2.05, 4.69) is 6.92 Å². The molecule has 0 aliphatic carbocycles. The highest BCUT2D eigenvalue weighted by molar-refractivity contribution is 7.87. The van der Waals surface area contributed by atoms with Crippen LogP contribution >= 0.6 is 0 Å². The number of esters is 3. The van der Waals surface area contributed by atoms with Gasteiger partial charge in [0.05, 0.1) is 18.4 Å². The predicted octanol–water partition coefficient (Wildman–Crippen LogP) is 4.13. The van der Waals surface area contributed by atoms with Gasteiger partial charge in [0.1, 0.15) is 19.8 Å². The molecular formula is C26H46O10S. The molecule has 37 heavy (non-hydrogen) atoms. The molecule has 10 nitrogen and oxygen atoms in total. The summed E-state index contributed by atoms with van der Waals surface area (Å²) in [5, 5.41) is 7.71. The molecule has 1 saturated heterocycles. The van der Waals surface area contributed by atoms with E-state index in [1.54, 1.807) is 0 Å². The zero-order valence-electron chi connectivity index (χ0n) is 22.3. The van der Waals surface area contributed by atoms with Gasteiger partial charge in [0.15, 0.2) is 5.25 Å². The zero-order valence-corrected chi connectivity index (χ0v) is 23.1. The summed E-state index contributed by atoms with van der Waals surface area (Å²) in [5.74, 6) is -2.89. The predicted molar refractivity (Wildman–Crippen MR) is 137 cm³/mol. The van der Waals surface area contributed by atoms with E-state index in [4.69, 9.17) is 14.2 Å². The fraction of sp³-hybridized carbons (Fsp3) is 0.885. The second kappa shape index (κ2) is 18.5. The van der Waals surface area contributed by atoms with Crippen LogP contribution in [0.1, 0.15) is 110 Å². The standard InChI is InChI=1S/C26H46O10S/c1-2-3-4-5-6-7-8-9-10-11-12-13-14-15-16-23(28)34-19-26(18-27)20-35-24(29)17-22(37(31,32)33)25(30)36-21-26/h22,27H,2-21H2,1H3,(H,31,32,33). The molecule has 1 rings (SSSR count). The number of carbonyl (C=O) groups is 3. The summed E-state index contributed by atoms with van der Waals surface area (Å²) < 4.78 is 47.0. The minimum Gasteiger partial charge on any atom is -0.465 e. The van der Waals surface area contributed by atoms with E-state index in [1.807, 2.05) is 0 Å². The van der Waals surface area contributed by atoms with Crippen molar-refractivity contribution >= 4 is 28.0 Å². The first-order valence-corrected chi connectivity index (χ1v) is 15.2. The first-order chi connectivity index (χ1) is 17.6. The Hall–Kier alpha value is -1.72. The monoisotopic (exact) mass is 550 g/mol. The number of hydrogen-bond acceptors (Lipinski definition) is 9. The molecule has 0 radical (unpaired) electrons. The molecule has 0 aromatic rings. The van der Waals surface area contributed by atoms with Crippen molar-refractivity contribution in [2.75, 3.05) is 26.4 Å². The Balaban J connectivity index is 2.23. The Morgan fingerprint density at radius 3 is 1.86 bits per heavy atom. The highest BCUT2D eigenvalue weighted by atomic mass is 32.2. The zero-order chi connectivity index (χ0) is 27.6.